The Bertz CT molecular complexity index is 887. The summed E-state index contributed by atoms with van der Waals surface area (Å²) in [7, 11) is 0. The number of hydrogen-bond donors (Lipinski definition) is 3. The number of fused-ring (bicyclic) bond motifs is 1. The highest BCUT2D eigenvalue weighted by Gasteiger charge is 2.36. The van der Waals surface area contributed by atoms with Crippen molar-refractivity contribution in [1.29, 1.82) is 0 Å². The molecule has 0 radical (unpaired) electrons. The first-order valence-electron chi connectivity index (χ1n) is 8.94. The number of carbonyl (C=O) groups excluding carboxylic acids is 1. The standard InChI is InChI=1S/C18H21N5O3S/c1-9(10-7-20-15-11(10)8-21-18(19)22-15)13-4-5-14(27-13)16(24)23-6-2-3-12(23)17(25)26/h4-5,8-10,12H,2-3,6-7H2,1H3,(H,25,26)(H3,19,20,21,22)/t9?,10?,12-/m0/s1. The highest BCUT2D eigenvalue weighted by molar-refractivity contribution is 7.14. The number of rotatable bonds is 4. The van der Waals surface area contributed by atoms with Crippen molar-refractivity contribution in [3.63, 3.8) is 0 Å². The van der Waals surface area contributed by atoms with E-state index in [4.69, 9.17) is 5.73 Å². The molecule has 3 atom stereocenters. The number of nitrogens with one attached hydrogen (secondary N) is 1. The number of aliphatic imine (C=N–C) groups is 2. The van der Waals surface area contributed by atoms with Crippen LogP contribution in [-0.4, -0.2) is 52.8 Å². The van der Waals surface area contributed by atoms with Gasteiger partial charge in [0.05, 0.1) is 4.88 Å². The van der Waals surface area contributed by atoms with Crippen LogP contribution in [0.5, 0.6) is 0 Å². The number of carboxylic acid groups (broad SMARTS) is 1. The van der Waals surface area contributed by atoms with E-state index >= 15 is 0 Å². The predicted octanol–water partition coefficient (Wildman–Crippen LogP) is 1.37. The highest BCUT2D eigenvalue weighted by atomic mass is 32.1. The second-order valence-electron chi connectivity index (χ2n) is 7.01. The van der Waals surface area contributed by atoms with Gasteiger partial charge in [0.25, 0.3) is 5.91 Å². The highest BCUT2D eigenvalue weighted by Crippen LogP contribution is 2.38. The Kier molecular flexibility index (Phi) is 4.47. The Morgan fingerprint density at radius 3 is 3.04 bits per heavy atom. The molecule has 1 aromatic heterocycles. The SMILES string of the molecule is CC(c1ccc(C(=O)N2CCC[C@H]2C(=O)O)s1)C1CN=C2NC(N)=NC=C21. The molecular weight excluding hydrogens is 366 g/mol. The lowest BCUT2D eigenvalue weighted by molar-refractivity contribution is -0.141. The molecule has 0 aromatic carbocycles. The van der Waals surface area contributed by atoms with Gasteiger partial charge < -0.3 is 21.1 Å². The van der Waals surface area contributed by atoms with Gasteiger partial charge in [0.1, 0.15) is 11.9 Å². The van der Waals surface area contributed by atoms with Crippen LogP contribution in [0.4, 0.5) is 0 Å². The number of hydrogen-bond acceptors (Lipinski definition) is 7. The zero-order valence-corrected chi connectivity index (χ0v) is 15.7. The van der Waals surface area contributed by atoms with Crippen LogP contribution in [0.2, 0.25) is 0 Å². The van der Waals surface area contributed by atoms with Gasteiger partial charge in [-0.3, -0.25) is 9.79 Å². The molecule has 142 valence electrons. The van der Waals surface area contributed by atoms with E-state index in [-0.39, 0.29) is 17.7 Å². The molecule has 3 aliphatic rings. The van der Waals surface area contributed by atoms with Gasteiger partial charge in [-0.25, -0.2) is 9.79 Å². The quantitative estimate of drug-likeness (QED) is 0.721. The lowest BCUT2D eigenvalue weighted by Crippen LogP contribution is -2.40. The first-order valence-corrected chi connectivity index (χ1v) is 9.76. The molecule has 4 heterocycles. The first kappa shape index (κ1) is 17.7. The molecule has 1 fully saturated rings. The first-order chi connectivity index (χ1) is 13.0. The number of amides is 1. The Morgan fingerprint density at radius 1 is 1.44 bits per heavy atom. The van der Waals surface area contributed by atoms with Crippen LogP contribution < -0.4 is 11.1 Å². The number of thiophene rings is 1. The van der Waals surface area contributed by atoms with Crippen LogP contribution in [-0.2, 0) is 4.79 Å². The Balaban J connectivity index is 1.51. The molecule has 27 heavy (non-hydrogen) atoms. The van der Waals surface area contributed by atoms with E-state index < -0.39 is 12.0 Å². The van der Waals surface area contributed by atoms with Crippen LogP contribution in [0.15, 0.2) is 33.9 Å². The lowest BCUT2D eigenvalue weighted by atomic mass is 9.87. The van der Waals surface area contributed by atoms with Gasteiger partial charge in [-0.1, -0.05) is 6.92 Å². The van der Waals surface area contributed by atoms with Gasteiger partial charge in [-0.2, -0.15) is 0 Å². The Labute approximate surface area is 160 Å². The predicted molar refractivity (Wildman–Crippen MR) is 103 cm³/mol. The number of guanidine groups is 1. The van der Waals surface area contributed by atoms with Gasteiger partial charge in [-0.05, 0) is 30.9 Å². The second-order valence-corrected chi connectivity index (χ2v) is 8.12. The molecule has 0 saturated carbocycles. The monoisotopic (exact) mass is 387 g/mol. The molecular formula is C18H21N5O3S. The molecule has 1 aromatic rings. The Morgan fingerprint density at radius 2 is 2.26 bits per heavy atom. The van der Waals surface area contributed by atoms with E-state index in [0.717, 1.165) is 22.7 Å². The van der Waals surface area contributed by atoms with Gasteiger partial charge in [0.15, 0.2) is 5.96 Å². The molecule has 2 unspecified atom stereocenters. The molecule has 4 rings (SSSR count). The third-order valence-electron chi connectivity index (χ3n) is 5.40. The number of nitrogens with two attached hydrogens (primary N) is 1. The van der Waals surface area contributed by atoms with E-state index in [1.807, 2.05) is 6.07 Å². The Hall–Kier alpha value is -2.68. The molecule has 0 aliphatic carbocycles. The molecule has 9 heteroatoms. The van der Waals surface area contributed by atoms with E-state index in [1.165, 1.54) is 16.2 Å². The summed E-state index contributed by atoms with van der Waals surface area (Å²) in [6, 6.07) is 3.05. The van der Waals surface area contributed by atoms with Crippen LogP contribution in [0.1, 0.15) is 40.2 Å². The maximum absolute atomic E-state index is 12.8. The van der Waals surface area contributed by atoms with Crippen LogP contribution in [0.25, 0.3) is 0 Å². The summed E-state index contributed by atoms with van der Waals surface area (Å²) < 4.78 is 0. The minimum Gasteiger partial charge on any atom is -0.480 e. The largest absolute Gasteiger partial charge is 0.480 e. The van der Waals surface area contributed by atoms with Gasteiger partial charge in [0, 0.05) is 35.7 Å². The molecule has 1 amide bonds. The van der Waals surface area contributed by atoms with Crippen LogP contribution in [0, 0.1) is 5.92 Å². The molecule has 1 saturated heterocycles. The topological polar surface area (TPSA) is 120 Å². The van der Waals surface area contributed by atoms with Crippen molar-refractivity contribution in [1.82, 2.24) is 10.2 Å². The molecule has 4 N–H and O–H groups in total. The molecule has 0 bridgehead atoms. The number of amidine groups is 1. The minimum absolute atomic E-state index is 0.161. The number of nitrogens with zero attached hydrogens (tertiary/aromatic N) is 3. The third kappa shape index (κ3) is 3.12. The van der Waals surface area contributed by atoms with Gasteiger partial charge >= 0.3 is 5.97 Å². The summed E-state index contributed by atoms with van der Waals surface area (Å²) in [4.78, 5) is 35.9. The van der Waals surface area contributed by atoms with Crippen molar-refractivity contribution in [2.45, 2.75) is 31.7 Å². The average molecular weight is 387 g/mol. The zero-order chi connectivity index (χ0) is 19.1. The van der Waals surface area contributed by atoms with E-state index in [9.17, 15) is 14.7 Å². The fourth-order valence-electron chi connectivity index (χ4n) is 3.86. The molecule has 0 spiro atoms. The summed E-state index contributed by atoms with van der Waals surface area (Å²) in [6.07, 6.45) is 3.01. The number of carbonyl (C=O) groups is 2. The second kappa shape index (κ2) is 6.80. The summed E-state index contributed by atoms with van der Waals surface area (Å²) in [5.74, 6) is 0.321. The van der Waals surface area contributed by atoms with Crippen molar-refractivity contribution >= 4 is 35.0 Å². The average Bonchev–Trinajstić information content (AvgIpc) is 3.38. The van der Waals surface area contributed by atoms with Gasteiger partial charge in [-0.15, -0.1) is 11.3 Å². The van der Waals surface area contributed by atoms with Crippen molar-refractivity contribution in [2.24, 2.45) is 21.6 Å². The maximum Gasteiger partial charge on any atom is 0.326 e. The normalized spacial score (nSPS) is 25.2. The van der Waals surface area contributed by atoms with Crippen molar-refractivity contribution < 1.29 is 14.7 Å². The zero-order valence-electron chi connectivity index (χ0n) is 14.9. The number of aliphatic carboxylic acids is 1. The summed E-state index contributed by atoms with van der Waals surface area (Å²) >= 11 is 1.43. The van der Waals surface area contributed by atoms with E-state index in [2.05, 4.69) is 22.2 Å². The minimum atomic E-state index is -0.932. The van der Waals surface area contributed by atoms with Crippen LogP contribution >= 0.6 is 11.3 Å². The van der Waals surface area contributed by atoms with Crippen molar-refractivity contribution in [2.75, 3.05) is 13.1 Å². The smallest absolute Gasteiger partial charge is 0.326 e. The summed E-state index contributed by atoms with van der Waals surface area (Å²) in [5, 5.41) is 12.3. The van der Waals surface area contributed by atoms with Crippen molar-refractivity contribution in [3.05, 3.63) is 33.7 Å². The van der Waals surface area contributed by atoms with E-state index in [1.54, 1.807) is 12.3 Å². The van der Waals surface area contributed by atoms with Crippen LogP contribution in [0.3, 0.4) is 0 Å². The fourth-order valence-corrected chi connectivity index (χ4v) is 4.94. The maximum atomic E-state index is 12.8. The lowest BCUT2D eigenvalue weighted by Gasteiger charge is -2.22. The summed E-state index contributed by atoms with van der Waals surface area (Å²) in [5.41, 5.74) is 6.71. The molecule has 8 nitrogen and oxygen atoms in total. The number of likely N-dealkylation sites (tertiary alicyclic amines) is 1. The summed E-state index contributed by atoms with van der Waals surface area (Å²) in [6.45, 7) is 3.25. The molecule has 3 aliphatic heterocycles. The van der Waals surface area contributed by atoms with Gasteiger partial charge in [0.2, 0.25) is 0 Å². The van der Waals surface area contributed by atoms with E-state index in [0.29, 0.717) is 30.3 Å². The van der Waals surface area contributed by atoms with Crippen molar-refractivity contribution in [3.8, 4) is 0 Å². The fraction of sp³-hybridized carbons (Fsp3) is 0.444. The number of carboxylic acids is 1. The third-order valence-corrected chi connectivity index (χ3v) is 6.67.